The Morgan fingerprint density at radius 1 is 1.53 bits per heavy atom. The van der Waals surface area contributed by atoms with Gasteiger partial charge in [-0.1, -0.05) is 13.3 Å². The third-order valence-corrected chi connectivity index (χ3v) is 2.11. The molecule has 1 aromatic rings. The smallest absolute Gasteiger partial charge is 0.314 e. The summed E-state index contributed by atoms with van der Waals surface area (Å²) in [6.07, 6.45) is 1.52. The van der Waals surface area contributed by atoms with Gasteiger partial charge < -0.3 is 9.84 Å². The molecule has 15 heavy (non-hydrogen) atoms. The largest absolute Gasteiger partial charge is 0.504 e. The van der Waals surface area contributed by atoms with Crippen LogP contribution < -0.4 is 4.74 Å². The van der Waals surface area contributed by atoms with Crippen molar-refractivity contribution >= 4 is 5.69 Å². The van der Waals surface area contributed by atoms with Crippen LogP contribution in [-0.4, -0.2) is 17.1 Å². The number of phenolic OH excluding ortho intramolecular Hbond substituents is 1. The summed E-state index contributed by atoms with van der Waals surface area (Å²) in [5, 5.41) is 20.3. The summed E-state index contributed by atoms with van der Waals surface area (Å²) in [5.74, 6) is -0.195. The molecule has 0 saturated carbocycles. The van der Waals surface area contributed by atoms with Crippen molar-refractivity contribution in [3.05, 3.63) is 27.8 Å². The second-order valence-corrected chi connectivity index (χ2v) is 3.13. The number of phenols is 1. The van der Waals surface area contributed by atoms with Crippen LogP contribution in [0.25, 0.3) is 0 Å². The maximum atomic E-state index is 10.6. The van der Waals surface area contributed by atoms with Crippen LogP contribution in [0, 0.1) is 10.1 Å². The average Bonchev–Trinajstić information content (AvgIpc) is 2.20. The van der Waals surface area contributed by atoms with Crippen molar-refractivity contribution in [3.8, 4) is 11.5 Å². The highest BCUT2D eigenvalue weighted by atomic mass is 16.6. The third kappa shape index (κ3) is 2.18. The normalized spacial score (nSPS) is 10.0. The van der Waals surface area contributed by atoms with Crippen LogP contribution in [0.1, 0.15) is 18.9 Å². The molecule has 0 saturated heterocycles. The molecule has 0 spiro atoms. The number of hydrogen-bond donors (Lipinski definition) is 1. The van der Waals surface area contributed by atoms with Gasteiger partial charge in [0.15, 0.2) is 5.75 Å². The van der Waals surface area contributed by atoms with Crippen LogP contribution >= 0.6 is 0 Å². The van der Waals surface area contributed by atoms with Crippen molar-refractivity contribution in [2.45, 2.75) is 19.8 Å². The zero-order chi connectivity index (χ0) is 11.4. The number of nitrogens with zero attached hydrogens (tertiary/aromatic N) is 1. The molecule has 5 nitrogen and oxygen atoms in total. The molecular weight excluding hydrogens is 198 g/mol. The number of aromatic hydroxyl groups is 1. The first-order chi connectivity index (χ1) is 7.11. The number of nitro benzene ring substituents is 1. The van der Waals surface area contributed by atoms with E-state index in [-0.39, 0.29) is 17.2 Å². The van der Waals surface area contributed by atoms with Gasteiger partial charge in [0.05, 0.1) is 12.0 Å². The van der Waals surface area contributed by atoms with E-state index in [1.807, 2.05) is 6.92 Å². The molecule has 0 aliphatic carbocycles. The summed E-state index contributed by atoms with van der Waals surface area (Å²) < 4.78 is 4.83. The molecule has 0 unspecified atom stereocenters. The topological polar surface area (TPSA) is 72.6 Å². The number of benzene rings is 1. The minimum atomic E-state index is -0.575. The fourth-order valence-corrected chi connectivity index (χ4v) is 1.42. The monoisotopic (exact) mass is 211 g/mol. The summed E-state index contributed by atoms with van der Waals surface area (Å²) in [5.41, 5.74) is 0.454. The van der Waals surface area contributed by atoms with Gasteiger partial charge in [-0.3, -0.25) is 10.1 Å². The molecule has 0 bridgehead atoms. The molecule has 0 aliphatic rings. The number of methoxy groups -OCH3 is 1. The summed E-state index contributed by atoms with van der Waals surface area (Å²) in [6, 6.07) is 2.91. The number of ether oxygens (including phenoxy) is 1. The van der Waals surface area contributed by atoms with Gasteiger partial charge in [-0.15, -0.1) is 0 Å². The fourth-order valence-electron chi connectivity index (χ4n) is 1.42. The lowest BCUT2D eigenvalue weighted by molar-refractivity contribution is -0.385. The lowest BCUT2D eigenvalue weighted by atomic mass is 10.1. The van der Waals surface area contributed by atoms with Crippen molar-refractivity contribution in [2.75, 3.05) is 7.11 Å². The van der Waals surface area contributed by atoms with Crippen molar-refractivity contribution in [3.63, 3.8) is 0 Å². The molecule has 0 aromatic heterocycles. The standard InChI is InChI=1S/C10H13NO4/c1-3-4-7-5-6-8(11(13)14)10(15-2)9(7)12/h5-6,12H,3-4H2,1-2H3. The van der Waals surface area contributed by atoms with Gasteiger partial charge in [-0.2, -0.15) is 0 Å². The van der Waals surface area contributed by atoms with E-state index >= 15 is 0 Å². The minimum absolute atomic E-state index is 0.0639. The van der Waals surface area contributed by atoms with E-state index < -0.39 is 4.92 Å². The van der Waals surface area contributed by atoms with Crippen molar-refractivity contribution in [1.82, 2.24) is 0 Å². The SMILES string of the molecule is CCCc1ccc([N+](=O)[O-])c(OC)c1O. The highest BCUT2D eigenvalue weighted by Gasteiger charge is 2.20. The van der Waals surface area contributed by atoms with E-state index in [4.69, 9.17) is 4.74 Å². The van der Waals surface area contributed by atoms with Gasteiger partial charge in [-0.05, 0) is 18.1 Å². The Kier molecular flexibility index (Phi) is 3.49. The Hall–Kier alpha value is -1.78. The van der Waals surface area contributed by atoms with E-state index in [0.717, 1.165) is 6.42 Å². The van der Waals surface area contributed by atoms with E-state index in [9.17, 15) is 15.2 Å². The second kappa shape index (κ2) is 4.63. The highest BCUT2D eigenvalue weighted by Crippen LogP contribution is 2.38. The number of nitro groups is 1. The lowest BCUT2D eigenvalue weighted by Gasteiger charge is -2.08. The van der Waals surface area contributed by atoms with Gasteiger partial charge in [0.2, 0.25) is 5.75 Å². The molecule has 5 heteroatoms. The Labute approximate surface area is 87.5 Å². The quantitative estimate of drug-likeness (QED) is 0.612. The Bertz CT molecular complexity index is 376. The van der Waals surface area contributed by atoms with Gasteiger partial charge >= 0.3 is 5.69 Å². The molecule has 82 valence electrons. The molecular formula is C10H13NO4. The molecule has 1 aromatic carbocycles. The van der Waals surface area contributed by atoms with E-state index in [2.05, 4.69) is 0 Å². The van der Waals surface area contributed by atoms with Crippen molar-refractivity contribution < 1.29 is 14.8 Å². The summed E-state index contributed by atoms with van der Waals surface area (Å²) >= 11 is 0. The number of rotatable bonds is 4. The summed E-state index contributed by atoms with van der Waals surface area (Å²) in [7, 11) is 1.30. The average molecular weight is 211 g/mol. The molecule has 1 N–H and O–H groups in total. The Morgan fingerprint density at radius 3 is 2.67 bits per heavy atom. The van der Waals surface area contributed by atoms with Crippen LogP contribution in [0.2, 0.25) is 0 Å². The molecule has 0 fully saturated rings. The maximum Gasteiger partial charge on any atom is 0.314 e. The number of aryl methyl sites for hydroxylation is 1. The van der Waals surface area contributed by atoms with E-state index in [0.29, 0.717) is 12.0 Å². The van der Waals surface area contributed by atoms with Crippen LogP contribution in [0.3, 0.4) is 0 Å². The van der Waals surface area contributed by atoms with Gasteiger partial charge in [0.25, 0.3) is 0 Å². The molecule has 1 rings (SSSR count). The second-order valence-electron chi connectivity index (χ2n) is 3.13. The van der Waals surface area contributed by atoms with E-state index in [1.165, 1.54) is 13.2 Å². The lowest BCUT2D eigenvalue weighted by Crippen LogP contribution is -1.96. The van der Waals surface area contributed by atoms with E-state index in [1.54, 1.807) is 6.07 Å². The first-order valence-electron chi connectivity index (χ1n) is 4.65. The zero-order valence-corrected chi connectivity index (χ0v) is 8.69. The first kappa shape index (κ1) is 11.3. The maximum absolute atomic E-state index is 10.6. The van der Waals surface area contributed by atoms with Gasteiger partial charge in [0, 0.05) is 6.07 Å². The minimum Gasteiger partial charge on any atom is -0.504 e. The van der Waals surface area contributed by atoms with Crippen molar-refractivity contribution in [2.24, 2.45) is 0 Å². The predicted molar refractivity (Wildman–Crippen MR) is 55.3 cm³/mol. The van der Waals surface area contributed by atoms with Crippen LogP contribution in [-0.2, 0) is 6.42 Å². The first-order valence-corrected chi connectivity index (χ1v) is 4.65. The fraction of sp³-hybridized carbons (Fsp3) is 0.400. The highest BCUT2D eigenvalue weighted by molar-refractivity contribution is 5.58. The van der Waals surface area contributed by atoms with Crippen LogP contribution in [0.5, 0.6) is 11.5 Å². The molecule has 0 atom stereocenters. The number of hydrogen-bond acceptors (Lipinski definition) is 4. The molecule has 0 amide bonds. The van der Waals surface area contributed by atoms with Gasteiger partial charge in [0.1, 0.15) is 0 Å². The summed E-state index contributed by atoms with van der Waals surface area (Å²) in [6.45, 7) is 1.97. The molecule has 0 radical (unpaired) electrons. The summed E-state index contributed by atoms with van der Waals surface area (Å²) in [4.78, 5) is 10.0. The zero-order valence-electron chi connectivity index (χ0n) is 8.69. The Balaban J connectivity index is 3.26. The van der Waals surface area contributed by atoms with Crippen LogP contribution in [0.15, 0.2) is 12.1 Å². The van der Waals surface area contributed by atoms with Crippen LogP contribution in [0.4, 0.5) is 5.69 Å². The molecule has 0 heterocycles. The third-order valence-electron chi connectivity index (χ3n) is 2.11. The van der Waals surface area contributed by atoms with Crippen molar-refractivity contribution in [1.29, 1.82) is 0 Å². The Morgan fingerprint density at radius 2 is 2.20 bits per heavy atom. The predicted octanol–water partition coefficient (Wildman–Crippen LogP) is 2.26. The van der Waals surface area contributed by atoms with Gasteiger partial charge in [-0.25, -0.2) is 0 Å². The molecule has 0 aliphatic heterocycles.